The molecule has 18 heteroatoms. The molecule has 0 spiro atoms. The molecule has 0 atom stereocenters. The molecule has 2 saturated heterocycles. The van der Waals surface area contributed by atoms with Crippen molar-refractivity contribution in [3.8, 4) is 0 Å². The van der Waals surface area contributed by atoms with Crippen LogP contribution in [-0.4, -0.2) is 63.4 Å². The van der Waals surface area contributed by atoms with Crippen LogP contribution in [0, 0.1) is 103 Å². The van der Waals surface area contributed by atoms with Crippen molar-refractivity contribution in [1.82, 2.24) is 0 Å². The van der Waals surface area contributed by atoms with Crippen LogP contribution in [0.1, 0.15) is 25.7 Å². The van der Waals surface area contributed by atoms with Gasteiger partial charge in [-0.2, -0.15) is 43.2 Å². The number of hydrogen-bond acceptors (Lipinski definition) is 6. The van der Waals surface area contributed by atoms with E-state index in [1.807, 2.05) is 103 Å². The van der Waals surface area contributed by atoms with Gasteiger partial charge in [-0.05, 0) is 128 Å². The summed E-state index contributed by atoms with van der Waals surface area (Å²) in [5.74, 6) is 0. The Kier molecular flexibility index (Phi) is 37.8. The predicted octanol–water partition coefficient (Wildman–Crippen LogP) is 5.65. The minimum Gasteiger partial charge on any atom is -0.381 e. The largest absolute Gasteiger partial charge is 0.522 e. The van der Waals surface area contributed by atoms with Crippen LogP contribution >= 0.6 is 0 Å². The van der Waals surface area contributed by atoms with Gasteiger partial charge in [-0.1, -0.05) is 0 Å². The first-order valence-corrected chi connectivity index (χ1v) is 14.9. The molecule has 4 aliphatic rings. The van der Waals surface area contributed by atoms with Gasteiger partial charge in [-0.15, -0.1) is 0 Å². The molecule has 2 N–H and O–H groups in total. The van der Waals surface area contributed by atoms with E-state index in [0.29, 0.717) is 0 Å². The van der Waals surface area contributed by atoms with Crippen LogP contribution in [0.3, 0.4) is 0 Å². The van der Waals surface area contributed by atoms with E-state index in [1.54, 1.807) is 0 Å². The molecule has 18 radical (unpaired) electrons. The molecule has 0 aromatic rings. The van der Waals surface area contributed by atoms with Gasteiger partial charge in [-0.3, -0.25) is 9.11 Å². The molecule has 4 fully saturated rings. The smallest absolute Gasteiger partial charge is 0.381 e. The molecule has 246 valence electrons. The van der Waals surface area contributed by atoms with Gasteiger partial charge in [0.1, 0.15) is 0 Å². The summed E-state index contributed by atoms with van der Waals surface area (Å²) in [4.78, 5) is 0. The van der Waals surface area contributed by atoms with E-state index in [9.17, 15) is 26.3 Å². The van der Waals surface area contributed by atoms with Crippen LogP contribution in [0.2, 0.25) is 0 Å². The quantitative estimate of drug-likeness (QED) is 0.183. The Bertz CT molecular complexity index is 692. The third kappa shape index (κ3) is 38.0. The normalized spacial score (nSPS) is 19.3. The van der Waals surface area contributed by atoms with E-state index < -0.39 is 31.3 Å². The minimum absolute atomic E-state index is 0. The standard InChI is InChI=1S/2C8H8.2C4H8O.2CHF3O3S.2Y/c2*1-2-4-6-8-7-5-3-1;2*1-2-4-5-3-1;2*2-1(3,4)8(5,6)7;;/h2*1-8H;2*1-4H2;2*(H,5,6,7);;. The zero-order valence-corrected chi connectivity index (χ0v) is 30.8. The van der Waals surface area contributed by atoms with Gasteiger partial charge >= 0.3 is 31.3 Å². The maximum atomic E-state index is 10.7. The monoisotopic (exact) mass is 830 g/mol. The zero-order valence-electron chi connectivity index (χ0n) is 23.5. The number of halogens is 6. The molecule has 0 amide bonds. The van der Waals surface area contributed by atoms with Crippen LogP contribution in [0.5, 0.6) is 0 Å². The average molecular weight is 830 g/mol. The Balaban J connectivity index is -0.000000218. The van der Waals surface area contributed by atoms with Crippen molar-refractivity contribution in [2.24, 2.45) is 0 Å². The number of rotatable bonds is 0. The van der Waals surface area contributed by atoms with E-state index >= 15 is 0 Å². The van der Waals surface area contributed by atoms with Gasteiger partial charge in [0.05, 0.1) is 0 Å². The molecule has 0 aromatic carbocycles. The first-order chi connectivity index (χ1) is 19.5. The van der Waals surface area contributed by atoms with E-state index in [-0.39, 0.29) is 65.4 Å². The summed E-state index contributed by atoms with van der Waals surface area (Å²) in [5.41, 5.74) is -11.1. The second kappa shape index (κ2) is 31.8. The van der Waals surface area contributed by atoms with Crippen molar-refractivity contribution >= 4 is 20.2 Å². The molecule has 2 saturated carbocycles. The topological polar surface area (TPSA) is 127 Å². The summed E-state index contributed by atoms with van der Waals surface area (Å²) in [6.07, 6.45) is 37.1. The molecule has 2 aliphatic carbocycles. The van der Waals surface area contributed by atoms with Gasteiger partial charge in [0.2, 0.25) is 0 Å². The summed E-state index contributed by atoms with van der Waals surface area (Å²) in [6.45, 7) is 4.00. The second-order valence-corrected chi connectivity index (χ2v) is 10.4. The Morgan fingerprint density at radius 1 is 0.409 bits per heavy atom. The third-order valence-corrected chi connectivity index (χ3v) is 5.19. The summed E-state index contributed by atoms with van der Waals surface area (Å²) >= 11 is 0. The van der Waals surface area contributed by atoms with Gasteiger partial charge in [0.25, 0.3) is 0 Å². The van der Waals surface area contributed by atoms with E-state index in [2.05, 4.69) is 0 Å². The summed E-state index contributed by atoms with van der Waals surface area (Å²) < 4.78 is 125. The van der Waals surface area contributed by atoms with Crippen molar-refractivity contribution in [2.75, 3.05) is 26.4 Å². The Hall–Kier alpha value is 1.53. The molecule has 2 heterocycles. The minimum atomic E-state index is -5.84. The Labute approximate surface area is 310 Å². The van der Waals surface area contributed by atoms with Crippen LogP contribution in [0.15, 0.2) is 0 Å². The first-order valence-electron chi connectivity index (χ1n) is 12.1. The van der Waals surface area contributed by atoms with Crippen LogP contribution in [0.25, 0.3) is 0 Å². The first kappa shape index (κ1) is 52.3. The van der Waals surface area contributed by atoms with Crippen molar-refractivity contribution in [3.63, 3.8) is 0 Å². The van der Waals surface area contributed by atoms with E-state index in [4.69, 9.17) is 35.4 Å². The summed E-state index contributed by atoms with van der Waals surface area (Å²) in [6, 6.07) is 0. The molecule has 8 nitrogen and oxygen atoms in total. The molecule has 0 aromatic heterocycles. The van der Waals surface area contributed by atoms with E-state index in [0.717, 1.165) is 26.4 Å². The fourth-order valence-corrected chi connectivity index (χ4v) is 2.05. The molecule has 44 heavy (non-hydrogen) atoms. The SMILES string of the molecule is C1CCOC1.C1CCOC1.O=S(=O)(O)C(F)(F)F.O=S(=O)(O)C(F)(F)F.[CH]1[CH][CH][CH][CH][CH][CH][CH]1.[CH]1[CH][CH][CH][CH][CH][CH][CH]1.[Y].[Y]. The average Bonchev–Trinajstić information content (AvgIpc) is 3.57. The maximum Gasteiger partial charge on any atom is 0.522 e. The molecule has 2 aliphatic heterocycles. The molecule has 0 bridgehead atoms. The molecule has 4 rings (SSSR count). The van der Waals surface area contributed by atoms with Gasteiger partial charge < -0.3 is 9.47 Å². The number of hydrogen-bond donors (Lipinski definition) is 2. The summed E-state index contributed by atoms with van der Waals surface area (Å²) in [7, 11) is -11.7. The Morgan fingerprint density at radius 2 is 0.523 bits per heavy atom. The van der Waals surface area contributed by atoms with Gasteiger partial charge in [-0.25, -0.2) is 0 Å². The number of alkyl halides is 6. The van der Waals surface area contributed by atoms with Crippen molar-refractivity contribution in [3.05, 3.63) is 103 Å². The predicted molar refractivity (Wildman–Crippen MR) is 144 cm³/mol. The van der Waals surface area contributed by atoms with Crippen LogP contribution in [0.4, 0.5) is 26.3 Å². The second-order valence-electron chi connectivity index (χ2n) is 7.56. The van der Waals surface area contributed by atoms with Gasteiger partial charge in [0, 0.05) is 91.8 Å². The Morgan fingerprint density at radius 3 is 0.568 bits per heavy atom. The van der Waals surface area contributed by atoms with Crippen LogP contribution < -0.4 is 0 Å². The van der Waals surface area contributed by atoms with Gasteiger partial charge in [0.15, 0.2) is 0 Å². The zero-order chi connectivity index (χ0) is 32.4. The van der Waals surface area contributed by atoms with E-state index in [1.165, 1.54) is 25.7 Å². The van der Waals surface area contributed by atoms with Crippen molar-refractivity contribution in [2.45, 2.75) is 36.7 Å². The molecular formula is C26H34F6O8S2Y2. The fourth-order valence-electron chi connectivity index (χ4n) is 2.05. The van der Waals surface area contributed by atoms with Crippen molar-refractivity contribution in [1.29, 1.82) is 0 Å². The fraction of sp³-hybridized carbons (Fsp3) is 0.385. The van der Waals surface area contributed by atoms with Crippen molar-refractivity contribution < 1.29 is 127 Å². The van der Waals surface area contributed by atoms with Crippen LogP contribution in [-0.2, 0) is 95.1 Å². The maximum absolute atomic E-state index is 10.7. The molecule has 0 unspecified atom stereocenters. The molecular weight excluding hydrogens is 796 g/mol. The third-order valence-electron chi connectivity index (χ3n) is 4.02. The number of ether oxygens (including phenoxy) is 2. The summed E-state index contributed by atoms with van der Waals surface area (Å²) in [5, 5.41) is 0.